The third-order valence-electron chi connectivity index (χ3n) is 5.20. The number of carbonyl (C=O) groups is 1. The van der Waals surface area contributed by atoms with Crippen molar-refractivity contribution in [2.24, 2.45) is 0 Å². The van der Waals surface area contributed by atoms with Gasteiger partial charge in [-0.2, -0.15) is 0 Å². The maximum absolute atomic E-state index is 12.9. The number of ether oxygens (including phenoxy) is 1. The van der Waals surface area contributed by atoms with Crippen LogP contribution < -0.4 is 0 Å². The monoisotopic (exact) mass is 341 g/mol. The van der Waals surface area contributed by atoms with E-state index in [1.807, 2.05) is 29.4 Å². The van der Waals surface area contributed by atoms with Gasteiger partial charge in [-0.15, -0.1) is 0 Å². The second kappa shape index (κ2) is 6.93. The largest absolute Gasteiger partial charge is 0.374 e. The molecule has 25 heavy (non-hydrogen) atoms. The minimum Gasteiger partial charge on any atom is -0.374 e. The van der Waals surface area contributed by atoms with Gasteiger partial charge in [-0.3, -0.25) is 9.69 Å². The number of aromatic amines is 1. The van der Waals surface area contributed by atoms with Crippen LogP contribution in [0.15, 0.2) is 37.1 Å². The van der Waals surface area contributed by atoms with Crippen LogP contribution in [0.4, 0.5) is 0 Å². The normalized spacial score (nSPS) is 26.0. The van der Waals surface area contributed by atoms with Gasteiger partial charge in [0.1, 0.15) is 12.0 Å². The third kappa shape index (κ3) is 3.17. The second-order valence-electron chi connectivity index (χ2n) is 6.82. The van der Waals surface area contributed by atoms with Crippen molar-refractivity contribution in [3.05, 3.63) is 48.3 Å². The summed E-state index contributed by atoms with van der Waals surface area (Å²) in [6.07, 6.45) is 9.04. The van der Waals surface area contributed by atoms with Gasteiger partial charge in [-0.25, -0.2) is 9.97 Å². The number of likely N-dealkylation sites (N-methyl/N-ethyl adjacent to an activating group) is 1. The number of nitrogens with one attached hydrogen (secondary N) is 1. The average Bonchev–Trinajstić information content (AvgIpc) is 3.30. The Morgan fingerprint density at radius 3 is 3.04 bits per heavy atom. The molecule has 2 fully saturated rings. The number of hydrogen-bond donors (Lipinski definition) is 1. The lowest BCUT2D eigenvalue weighted by atomic mass is 10.00. The lowest BCUT2D eigenvalue weighted by Crippen LogP contribution is -2.46. The van der Waals surface area contributed by atoms with E-state index in [0.717, 1.165) is 31.6 Å². The van der Waals surface area contributed by atoms with Crippen molar-refractivity contribution in [3.8, 4) is 0 Å². The van der Waals surface area contributed by atoms with Crippen molar-refractivity contribution in [1.29, 1.82) is 0 Å². The first-order valence-electron chi connectivity index (χ1n) is 8.74. The Kier molecular flexibility index (Phi) is 4.50. The quantitative estimate of drug-likeness (QED) is 0.908. The summed E-state index contributed by atoms with van der Waals surface area (Å²) >= 11 is 0. The minimum absolute atomic E-state index is 0.0577. The number of fused-ring (bicyclic) bond motifs is 1. The van der Waals surface area contributed by atoms with Gasteiger partial charge in [-0.05, 0) is 32.0 Å². The van der Waals surface area contributed by atoms with Gasteiger partial charge in [0.25, 0.3) is 5.91 Å². The molecule has 1 amide bonds. The molecule has 0 spiro atoms. The standard InChI is InChI=1S/C18H23N5O2/c1-22(10-13-8-19-12-20-9-13)16-11-23(15-5-3-7-25-17(15)16)18(24)14-4-2-6-21-14/h2,4,6,8-9,12,15-17,21H,3,5,7,10-11H2,1H3/t15-,16+,17+/m1/s1. The van der Waals surface area contributed by atoms with E-state index in [2.05, 4.69) is 26.9 Å². The maximum Gasteiger partial charge on any atom is 0.270 e. The Labute approximate surface area is 147 Å². The van der Waals surface area contributed by atoms with Crippen LogP contribution in [0.25, 0.3) is 0 Å². The van der Waals surface area contributed by atoms with Crippen LogP contribution in [-0.2, 0) is 11.3 Å². The molecule has 1 N–H and O–H groups in total. The summed E-state index contributed by atoms with van der Waals surface area (Å²) in [6, 6.07) is 4.00. The summed E-state index contributed by atoms with van der Waals surface area (Å²) < 4.78 is 6.09. The van der Waals surface area contributed by atoms with Crippen LogP contribution in [0.5, 0.6) is 0 Å². The summed E-state index contributed by atoms with van der Waals surface area (Å²) in [5.74, 6) is 0.0597. The number of nitrogens with zero attached hydrogens (tertiary/aromatic N) is 4. The fraction of sp³-hybridized carbons (Fsp3) is 0.500. The molecule has 4 rings (SSSR count). The summed E-state index contributed by atoms with van der Waals surface area (Å²) in [6.45, 7) is 2.19. The maximum atomic E-state index is 12.9. The number of likely N-dealkylation sites (tertiary alicyclic amines) is 1. The fourth-order valence-electron chi connectivity index (χ4n) is 3.99. The first-order chi connectivity index (χ1) is 12.2. The molecule has 0 bridgehead atoms. The predicted octanol–water partition coefficient (Wildman–Crippen LogP) is 1.31. The number of aromatic nitrogens is 3. The molecule has 0 radical (unpaired) electrons. The van der Waals surface area contributed by atoms with Gasteiger partial charge in [-0.1, -0.05) is 0 Å². The summed E-state index contributed by atoms with van der Waals surface area (Å²) in [5.41, 5.74) is 1.70. The van der Waals surface area contributed by atoms with Crippen molar-refractivity contribution in [3.63, 3.8) is 0 Å². The number of hydrogen-bond acceptors (Lipinski definition) is 5. The van der Waals surface area contributed by atoms with Crippen LogP contribution in [0, 0.1) is 0 Å². The molecule has 0 aliphatic carbocycles. The summed E-state index contributed by atoms with van der Waals surface area (Å²) in [5, 5.41) is 0. The minimum atomic E-state index is 0.0577. The van der Waals surface area contributed by atoms with Crippen molar-refractivity contribution < 1.29 is 9.53 Å². The molecule has 7 heteroatoms. The van der Waals surface area contributed by atoms with E-state index in [-0.39, 0.29) is 24.1 Å². The highest BCUT2D eigenvalue weighted by Gasteiger charge is 2.47. The summed E-state index contributed by atoms with van der Waals surface area (Å²) in [4.78, 5) is 28.3. The van der Waals surface area contributed by atoms with Crippen molar-refractivity contribution >= 4 is 5.91 Å². The van der Waals surface area contributed by atoms with Gasteiger partial charge in [0.15, 0.2) is 0 Å². The molecule has 0 saturated carbocycles. The predicted molar refractivity (Wildman–Crippen MR) is 91.9 cm³/mol. The van der Waals surface area contributed by atoms with Crippen LogP contribution in [0.2, 0.25) is 0 Å². The number of H-pyrrole nitrogens is 1. The fourth-order valence-corrected chi connectivity index (χ4v) is 3.99. The molecular weight excluding hydrogens is 318 g/mol. The molecular formula is C18H23N5O2. The highest BCUT2D eigenvalue weighted by Crippen LogP contribution is 2.32. The molecule has 4 heterocycles. The van der Waals surface area contributed by atoms with E-state index in [0.29, 0.717) is 12.2 Å². The van der Waals surface area contributed by atoms with E-state index >= 15 is 0 Å². The van der Waals surface area contributed by atoms with Crippen molar-refractivity contribution in [2.45, 2.75) is 37.6 Å². The zero-order chi connectivity index (χ0) is 17.2. The van der Waals surface area contributed by atoms with E-state index in [1.165, 1.54) is 6.33 Å². The molecule has 2 aromatic rings. The van der Waals surface area contributed by atoms with Gasteiger partial charge >= 0.3 is 0 Å². The first kappa shape index (κ1) is 16.2. The van der Waals surface area contributed by atoms with Gasteiger partial charge < -0.3 is 14.6 Å². The number of rotatable bonds is 4. The molecule has 2 aliphatic rings. The molecule has 2 aromatic heterocycles. The van der Waals surface area contributed by atoms with Crippen LogP contribution in [0.3, 0.4) is 0 Å². The van der Waals surface area contributed by atoms with Crippen LogP contribution in [-0.4, -0.2) is 69.0 Å². The van der Waals surface area contributed by atoms with Gasteiger partial charge in [0.05, 0.1) is 18.2 Å². The Bertz CT molecular complexity index is 706. The zero-order valence-electron chi connectivity index (χ0n) is 14.3. The average molecular weight is 341 g/mol. The number of amides is 1. The van der Waals surface area contributed by atoms with Crippen LogP contribution in [0.1, 0.15) is 28.9 Å². The Morgan fingerprint density at radius 2 is 2.28 bits per heavy atom. The highest BCUT2D eigenvalue weighted by atomic mass is 16.5. The Hall–Kier alpha value is -2.25. The molecule has 0 aromatic carbocycles. The topological polar surface area (TPSA) is 74.4 Å². The van der Waals surface area contributed by atoms with E-state index in [4.69, 9.17) is 4.74 Å². The van der Waals surface area contributed by atoms with E-state index in [9.17, 15) is 4.79 Å². The third-order valence-corrected chi connectivity index (χ3v) is 5.20. The van der Waals surface area contributed by atoms with Gasteiger partial charge in [0.2, 0.25) is 0 Å². The van der Waals surface area contributed by atoms with Crippen molar-refractivity contribution in [2.75, 3.05) is 20.2 Å². The molecule has 132 valence electrons. The lowest BCUT2D eigenvalue weighted by molar-refractivity contribution is -0.0357. The SMILES string of the molecule is CN(Cc1cncnc1)[C@H]1CN(C(=O)c2ccc[nH]2)[C@@H]2CCCO[C@@H]21. The van der Waals surface area contributed by atoms with Gasteiger partial charge in [0, 0.05) is 43.9 Å². The summed E-state index contributed by atoms with van der Waals surface area (Å²) in [7, 11) is 2.08. The molecule has 2 aliphatic heterocycles. The number of carbonyl (C=O) groups excluding carboxylic acids is 1. The lowest BCUT2D eigenvalue weighted by Gasteiger charge is -2.34. The van der Waals surface area contributed by atoms with Crippen LogP contribution >= 0.6 is 0 Å². The molecule has 7 nitrogen and oxygen atoms in total. The molecule has 3 atom stereocenters. The molecule has 0 unspecified atom stereocenters. The molecule has 2 saturated heterocycles. The van der Waals surface area contributed by atoms with Crippen molar-refractivity contribution in [1.82, 2.24) is 24.8 Å². The highest BCUT2D eigenvalue weighted by molar-refractivity contribution is 5.93. The second-order valence-corrected chi connectivity index (χ2v) is 6.82. The Morgan fingerprint density at radius 1 is 1.44 bits per heavy atom. The first-order valence-corrected chi connectivity index (χ1v) is 8.74. The smallest absolute Gasteiger partial charge is 0.270 e. The zero-order valence-corrected chi connectivity index (χ0v) is 14.3. The Balaban J connectivity index is 1.53. The van der Waals surface area contributed by atoms with E-state index in [1.54, 1.807) is 6.20 Å². The van der Waals surface area contributed by atoms with E-state index < -0.39 is 0 Å².